The summed E-state index contributed by atoms with van der Waals surface area (Å²) >= 11 is 6.27. The van der Waals surface area contributed by atoms with Gasteiger partial charge in [0, 0.05) is 37.4 Å². The van der Waals surface area contributed by atoms with Gasteiger partial charge in [-0.2, -0.15) is 0 Å². The standard InChI is InChI=1S/C27H30ClN3O3S/c1-18-8-11-24(20(3)16-18)29-35(33,34)26-17-22(9-10-23(26)28)27(32)31-14-12-30(13-15-31)25-7-5-6-19(2)21(25)4/h5-11,16-17,29H,12-15H2,1-4H3. The molecule has 0 unspecified atom stereocenters. The number of aryl methyl sites for hydroxylation is 3. The number of anilines is 2. The van der Waals surface area contributed by atoms with Gasteiger partial charge in [-0.25, -0.2) is 8.42 Å². The molecule has 1 saturated heterocycles. The average Bonchev–Trinajstić information content (AvgIpc) is 2.82. The molecule has 1 fully saturated rings. The van der Waals surface area contributed by atoms with Crippen LogP contribution in [0.1, 0.15) is 32.6 Å². The Balaban J connectivity index is 1.51. The number of hydrogen-bond donors (Lipinski definition) is 1. The minimum absolute atomic E-state index is 0.0681. The fourth-order valence-corrected chi connectivity index (χ4v) is 6.04. The molecule has 0 aliphatic carbocycles. The van der Waals surface area contributed by atoms with Gasteiger partial charge in [-0.05, 0) is 74.7 Å². The fourth-order valence-electron chi connectivity index (χ4n) is 4.38. The third-order valence-electron chi connectivity index (χ3n) is 6.58. The maximum Gasteiger partial charge on any atom is 0.263 e. The molecule has 8 heteroatoms. The lowest BCUT2D eigenvalue weighted by molar-refractivity contribution is 0.0746. The van der Waals surface area contributed by atoms with Crippen LogP contribution in [0.15, 0.2) is 59.5 Å². The quantitative estimate of drug-likeness (QED) is 0.502. The monoisotopic (exact) mass is 511 g/mol. The van der Waals surface area contributed by atoms with Gasteiger partial charge in [0.05, 0.1) is 10.7 Å². The van der Waals surface area contributed by atoms with Crippen molar-refractivity contribution in [2.75, 3.05) is 35.8 Å². The number of carbonyl (C=O) groups is 1. The largest absolute Gasteiger partial charge is 0.368 e. The van der Waals surface area contributed by atoms with Crippen molar-refractivity contribution in [3.63, 3.8) is 0 Å². The van der Waals surface area contributed by atoms with Gasteiger partial charge < -0.3 is 9.80 Å². The van der Waals surface area contributed by atoms with Gasteiger partial charge >= 0.3 is 0 Å². The van der Waals surface area contributed by atoms with E-state index < -0.39 is 10.0 Å². The minimum atomic E-state index is -3.98. The van der Waals surface area contributed by atoms with Crippen LogP contribution < -0.4 is 9.62 Å². The van der Waals surface area contributed by atoms with Crippen LogP contribution in [0.2, 0.25) is 5.02 Å². The van der Waals surface area contributed by atoms with Crippen LogP contribution in [0.3, 0.4) is 0 Å². The fraction of sp³-hybridized carbons (Fsp3) is 0.296. The summed E-state index contributed by atoms with van der Waals surface area (Å²) in [5.41, 5.74) is 6.30. The Labute approximate surface area is 212 Å². The highest BCUT2D eigenvalue weighted by Gasteiger charge is 2.26. The second kappa shape index (κ2) is 9.91. The molecule has 1 amide bonds. The third kappa shape index (κ3) is 5.31. The zero-order valence-electron chi connectivity index (χ0n) is 20.4. The predicted octanol–water partition coefficient (Wildman–Crippen LogP) is 5.34. The normalized spacial score (nSPS) is 14.2. The Kier molecular flexibility index (Phi) is 7.10. The SMILES string of the molecule is Cc1ccc(NS(=O)(=O)c2cc(C(=O)N3CCN(c4cccc(C)c4C)CC3)ccc2Cl)c(C)c1. The van der Waals surface area contributed by atoms with Gasteiger partial charge in [0.15, 0.2) is 0 Å². The van der Waals surface area contributed by atoms with Crippen LogP contribution >= 0.6 is 11.6 Å². The van der Waals surface area contributed by atoms with Gasteiger partial charge in [0.25, 0.3) is 15.9 Å². The van der Waals surface area contributed by atoms with Crippen LogP contribution in [0.4, 0.5) is 11.4 Å². The summed E-state index contributed by atoms with van der Waals surface area (Å²) in [4.78, 5) is 17.2. The number of amides is 1. The van der Waals surface area contributed by atoms with Crippen molar-refractivity contribution in [3.05, 3.63) is 87.4 Å². The Morgan fingerprint density at radius 1 is 0.886 bits per heavy atom. The van der Waals surface area contributed by atoms with E-state index >= 15 is 0 Å². The molecule has 1 aliphatic rings. The van der Waals surface area contributed by atoms with E-state index in [0.29, 0.717) is 37.4 Å². The first-order chi connectivity index (χ1) is 16.6. The number of nitrogens with one attached hydrogen (secondary N) is 1. The van der Waals surface area contributed by atoms with Gasteiger partial charge in [-0.3, -0.25) is 9.52 Å². The number of carbonyl (C=O) groups excluding carboxylic acids is 1. The van der Waals surface area contributed by atoms with Crippen LogP contribution in [-0.2, 0) is 10.0 Å². The second-order valence-corrected chi connectivity index (χ2v) is 11.1. The first kappa shape index (κ1) is 25.1. The molecule has 6 nitrogen and oxygen atoms in total. The molecule has 184 valence electrons. The summed E-state index contributed by atoms with van der Waals surface area (Å²) in [6.07, 6.45) is 0. The van der Waals surface area contributed by atoms with Gasteiger partial charge in [0.1, 0.15) is 4.90 Å². The predicted molar refractivity (Wildman–Crippen MR) is 142 cm³/mol. The Hall–Kier alpha value is -3.03. The molecule has 1 aliphatic heterocycles. The number of sulfonamides is 1. The summed E-state index contributed by atoms with van der Waals surface area (Å²) in [6.45, 7) is 10.5. The van der Waals surface area contributed by atoms with Crippen molar-refractivity contribution in [3.8, 4) is 0 Å². The lowest BCUT2D eigenvalue weighted by Gasteiger charge is -2.37. The van der Waals surface area contributed by atoms with Crippen molar-refractivity contribution in [1.29, 1.82) is 0 Å². The molecule has 0 aromatic heterocycles. The summed E-state index contributed by atoms with van der Waals surface area (Å²) in [5.74, 6) is -0.203. The summed E-state index contributed by atoms with van der Waals surface area (Å²) in [7, 11) is -3.98. The van der Waals surface area contributed by atoms with E-state index in [1.54, 1.807) is 17.0 Å². The molecule has 35 heavy (non-hydrogen) atoms. The van der Waals surface area contributed by atoms with E-state index in [1.807, 2.05) is 26.0 Å². The van der Waals surface area contributed by atoms with E-state index in [4.69, 9.17) is 11.6 Å². The van der Waals surface area contributed by atoms with Crippen molar-refractivity contribution in [2.24, 2.45) is 0 Å². The van der Waals surface area contributed by atoms with Gasteiger partial charge in [0.2, 0.25) is 0 Å². The Bertz CT molecular complexity index is 1380. The molecule has 4 rings (SSSR count). The lowest BCUT2D eigenvalue weighted by Crippen LogP contribution is -2.49. The smallest absolute Gasteiger partial charge is 0.263 e. The van der Waals surface area contributed by atoms with Crippen LogP contribution in [0.5, 0.6) is 0 Å². The molecular weight excluding hydrogens is 482 g/mol. The van der Waals surface area contributed by atoms with Crippen LogP contribution in [-0.4, -0.2) is 45.4 Å². The maximum absolute atomic E-state index is 13.3. The van der Waals surface area contributed by atoms with Gasteiger partial charge in [-0.15, -0.1) is 0 Å². The number of nitrogens with zero attached hydrogens (tertiary/aromatic N) is 2. The molecular formula is C27H30ClN3O3S. The molecule has 0 spiro atoms. The van der Waals surface area contributed by atoms with E-state index in [1.165, 1.54) is 28.9 Å². The number of piperazine rings is 1. The number of rotatable bonds is 5. The van der Waals surface area contributed by atoms with Crippen molar-refractivity contribution < 1.29 is 13.2 Å². The number of benzene rings is 3. The average molecular weight is 512 g/mol. The zero-order chi connectivity index (χ0) is 25.3. The summed E-state index contributed by atoms with van der Waals surface area (Å²) < 4.78 is 28.9. The third-order valence-corrected chi connectivity index (χ3v) is 8.42. The Morgan fingerprint density at radius 2 is 1.60 bits per heavy atom. The number of halogens is 1. The molecule has 1 N–H and O–H groups in total. The molecule has 1 heterocycles. The van der Waals surface area contributed by atoms with Crippen LogP contribution in [0.25, 0.3) is 0 Å². The van der Waals surface area contributed by atoms with E-state index in [2.05, 4.69) is 41.7 Å². The van der Waals surface area contributed by atoms with Crippen molar-refractivity contribution in [1.82, 2.24) is 4.90 Å². The van der Waals surface area contributed by atoms with E-state index in [9.17, 15) is 13.2 Å². The number of hydrogen-bond acceptors (Lipinski definition) is 4. The molecule has 3 aromatic rings. The molecule has 0 saturated carbocycles. The molecule has 3 aromatic carbocycles. The first-order valence-electron chi connectivity index (χ1n) is 11.6. The molecule has 0 atom stereocenters. The molecule has 0 bridgehead atoms. The van der Waals surface area contributed by atoms with E-state index in [-0.39, 0.29) is 15.8 Å². The highest BCUT2D eigenvalue weighted by atomic mass is 35.5. The second-order valence-electron chi connectivity index (χ2n) is 9.07. The highest BCUT2D eigenvalue weighted by Crippen LogP contribution is 2.28. The van der Waals surface area contributed by atoms with Gasteiger partial charge in [-0.1, -0.05) is 41.4 Å². The zero-order valence-corrected chi connectivity index (χ0v) is 22.0. The summed E-state index contributed by atoms with van der Waals surface area (Å²) in [5, 5.41) is 0.0681. The Morgan fingerprint density at radius 3 is 2.29 bits per heavy atom. The summed E-state index contributed by atoms with van der Waals surface area (Å²) in [6, 6.07) is 16.1. The van der Waals surface area contributed by atoms with Crippen molar-refractivity contribution in [2.45, 2.75) is 32.6 Å². The van der Waals surface area contributed by atoms with Crippen molar-refractivity contribution >= 4 is 38.9 Å². The highest BCUT2D eigenvalue weighted by molar-refractivity contribution is 7.92. The minimum Gasteiger partial charge on any atom is -0.368 e. The van der Waals surface area contributed by atoms with E-state index in [0.717, 1.165) is 11.1 Å². The molecule has 0 radical (unpaired) electrons. The topological polar surface area (TPSA) is 69.7 Å². The first-order valence-corrected chi connectivity index (χ1v) is 13.4. The van der Waals surface area contributed by atoms with Crippen LogP contribution in [0, 0.1) is 27.7 Å². The lowest BCUT2D eigenvalue weighted by atomic mass is 10.1. The maximum atomic E-state index is 13.3.